The fourth-order valence-corrected chi connectivity index (χ4v) is 7.99. The molecule has 0 atom stereocenters. The monoisotopic (exact) mass is 654 g/mol. The van der Waals surface area contributed by atoms with Gasteiger partial charge in [0.25, 0.3) is 16.6 Å². The van der Waals surface area contributed by atoms with Crippen molar-refractivity contribution in [1.29, 1.82) is 0 Å². The van der Waals surface area contributed by atoms with E-state index >= 15 is 0 Å². The Labute approximate surface area is 236 Å². The van der Waals surface area contributed by atoms with Crippen molar-refractivity contribution in [1.82, 2.24) is 0 Å². The van der Waals surface area contributed by atoms with Crippen LogP contribution in [0.25, 0.3) is 0 Å². The van der Waals surface area contributed by atoms with Gasteiger partial charge < -0.3 is 13.3 Å². The Hall–Kier alpha value is 0.261. The Morgan fingerprint density at radius 1 is 0.629 bits per heavy atom. The molecule has 7 heteroatoms. The summed E-state index contributed by atoms with van der Waals surface area (Å²) in [5.74, 6) is 2.01. The summed E-state index contributed by atoms with van der Waals surface area (Å²) in [6.45, 7) is 39.1. The second kappa shape index (κ2) is 12.4. The van der Waals surface area contributed by atoms with Gasteiger partial charge in [-0.05, 0) is 67.7 Å². The molecule has 0 bridgehead atoms. The number of hydrogen-bond acceptors (Lipinski definition) is 3. The molecule has 0 aliphatic carbocycles. The molecule has 0 aromatic carbocycles. The molecule has 0 saturated heterocycles. The van der Waals surface area contributed by atoms with Crippen LogP contribution >= 0.6 is 22.6 Å². The van der Waals surface area contributed by atoms with Crippen molar-refractivity contribution in [3.05, 3.63) is 20.9 Å². The van der Waals surface area contributed by atoms with Gasteiger partial charge in [0, 0.05) is 34.6 Å². The molecule has 0 aliphatic rings. The summed E-state index contributed by atoms with van der Waals surface area (Å²) < 4.78 is 21.8. The molecule has 0 rings (SSSR count). The third-order valence-corrected chi connectivity index (χ3v) is 22.6. The van der Waals surface area contributed by atoms with Gasteiger partial charge >= 0.3 is 0 Å². The number of rotatable bonds is 11. The summed E-state index contributed by atoms with van der Waals surface area (Å²) >= 11 is 2.40. The minimum Gasteiger partial charge on any atom is -0.546 e. The van der Waals surface area contributed by atoms with E-state index in [4.69, 9.17) is 13.3 Å². The normalized spacial score (nSPS) is 15.9. The first kappa shape index (κ1) is 35.3. The largest absolute Gasteiger partial charge is 0.546 e. The van der Waals surface area contributed by atoms with Crippen molar-refractivity contribution in [2.24, 2.45) is 0 Å². The lowest BCUT2D eigenvalue weighted by Crippen LogP contribution is -2.43. The van der Waals surface area contributed by atoms with E-state index in [1.807, 2.05) is 0 Å². The van der Waals surface area contributed by atoms with E-state index < -0.39 is 25.0 Å². The van der Waals surface area contributed by atoms with Crippen LogP contribution in [0.3, 0.4) is 0 Å². The van der Waals surface area contributed by atoms with Crippen molar-refractivity contribution in [2.45, 2.75) is 156 Å². The average Bonchev–Trinajstić information content (AvgIpc) is 2.61. The first-order chi connectivity index (χ1) is 15.3. The van der Waals surface area contributed by atoms with E-state index in [1.165, 1.54) is 12.8 Å². The zero-order chi connectivity index (χ0) is 28.3. The molecule has 0 amide bonds. The molecular weight excluding hydrogens is 595 g/mol. The van der Waals surface area contributed by atoms with Crippen molar-refractivity contribution >= 4 is 47.5 Å². The van der Waals surface area contributed by atoms with Gasteiger partial charge in [0.05, 0.1) is 5.76 Å². The third-order valence-electron chi connectivity index (χ3n) is 8.44. The lowest BCUT2D eigenvalue weighted by Gasteiger charge is -2.41. The lowest BCUT2D eigenvalue weighted by molar-refractivity contribution is 0.326. The summed E-state index contributed by atoms with van der Waals surface area (Å²) in [6, 6.07) is 0. The maximum Gasteiger partial charge on any atom is 0.251 e. The Bertz CT molecular complexity index is 762. The van der Waals surface area contributed by atoms with Crippen LogP contribution in [-0.2, 0) is 13.3 Å². The van der Waals surface area contributed by atoms with Gasteiger partial charge in [-0.2, -0.15) is 0 Å². The number of halogens is 1. The smallest absolute Gasteiger partial charge is 0.251 e. The summed E-state index contributed by atoms with van der Waals surface area (Å²) in [6.07, 6.45) is 4.48. The Kier molecular flexibility index (Phi) is 12.5. The van der Waals surface area contributed by atoms with Gasteiger partial charge in [-0.1, -0.05) is 82.1 Å². The molecule has 0 aromatic heterocycles. The second-order valence-corrected chi connectivity index (χ2v) is 29.8. The molecule has 0 aromatic rings. The predicted molar refractivity (Wildman–Crippen MR) is 173 cm³/mol. The van der Waals surface area contributed by atoms with Gasteiger partial charge in [0.1, 0.15) is 0 Å². The molecule has 35 heavy (non-hydrogen) atoms. The molecule has 0 aliphatic heterocycles. The topological polar surface area (TPSA) is 27.7 Å². The minimum absolute atomic E-state index is 0.0923. The first-order valence-corrected chi connectivity index (χ1v) is 23.3. The Morgan fingerprint density at radius 3 is 1.37 bits per heavy atom. The van der Waals surface area contributed by atoms with Crippen molar-refractivity contribution < 1.29 is 13.3 Å². The van der Waals surface area contributed by atoms with Crippen LogP contribution in [0.1, 0.15) is 102 Å². The van der Waals surface area contributed by atoms with Gasteiger partial charge in [-0.25, -0.2) is 0 Å². The van der Waals surface area contributed by atoms with E-state index in [-0.39, 0.29) is 15.1 Å². The maximum absolute atomic E-state index is 7.06. The molecule has 0 N–H and O–H groups in total. The van der Waals surface area contributed by atoms with Gasteiger partial charge in [0.15, 0.2) is 9.53 Å². The summed E-state index contributed by atoms with van der Waals surface area (Å²) in [5, 5.41) is 0.345. The van der Waals surface area contributed by atoms with Crippen molar-refractivity contribution in [3.8, 4) is 0 Å². The second-order valence-electron chi connectivity index (χ2n) is 14.7. The van der Waals surface area contributed by atoms with Crippen LogP contribution in [0.4, 0.5) is 0 Å². The van der Waals surface area contributed by atoms with Crippen LogP contribution in [0.5, 0.6) is 0 Å². The fourth-order valence-electron chi connectivity index (χ4n) is 2.53. The lowest BCUT2D eigenvalue weighted by atomic mass is 10.1. The molecule has 3 nitrogen and oxygen atoms in total. The van der Waals surface area contributed by atoms with E-state index in [0.717, 1.165) is 33.7 Å². The highest BCUT2D eigenvalue weighted by Gasteiger charge is 2.44. The standard InChI is InChI=1S/C28H59IO3Si3/c1-18-19-20-21-23(30-33(12,13)26(3,4)5)22(2)24(31-34(14,15)27(6,7)8)25(29)32-35(16,17)28(9,10)11/h18-21H2,1-17H3. The third kappa shape index (κ3) is 10.2. The van der Waals surface area contributed by atoms with E-state index in [2.05, 4.69) is 138 Å². The first-order valence-electron chi connectivity index (χ1n) is 13.5. The van der Waals surface area contributed by atoms with Crippen molar-refractivity contribution in [3.63, 3.8) is 0 Å². The maximum atomic E-state index is 7.06. The molecule has 0 heterocycles. The zero-order valence-corrected chi connectivity index (χ0v) is 31.6. The van der Waals surface area contributed by atoms with Gasteiger partial charge in [0.2, 0.25) is 8.32 Å². The number of hydrogen-bond donors (Lipinski definition) is 0. The molecule has 208 valence electrons. The van der Waals surface area contributed by atoms with Crippen LogP contribution in [0.15, 0.2) is 20.9 Å². The minimum atomic E-state index is -2.10. The number of unbranched alkanes of at least 4 members (excludes halogenated alkanes) is 2. The fraction of sp³-hybridized carbons (Fsp3) is 0.857. The Balaban J connectivity index is 6.96. The van der Waals surface area contributed by atoms with E-state index in [0.29, 0.717) is 0 Å². The van der Waals surface area contributed by atoms with E-state index in [9.17, 15) is 0 Å². The SMILES string of the molecule is CCCCCC(O[Si](C)(C)C(C)(C)C)=C(C)C(O[Si](C)(C)C(C)(C)C)=C(I)O[Si](C)(C)C(C)(C)C. The molecule has 0 radical (unpaired) electrons. The van der Waals surface area contributed by atoms with Gasteiger partial charge in [-0.3, -0.25) is 0 Å². The Morgan fingerprint density at radius 2 is 1.00 bits per heavy atom. The van der Waals surface area contributed by atoms with Crippen LogP contribution in [0.2, 0.25) is 54.4 Å². The van der Waals surface area contributed by atoms with Crippen LogP contribution in [0, 0.1) is 0 Å². The molecular formula is C28H59IO3Si3. The summed E-state index contributed by atoms with van der Waals surface area (Å²) in [7, 11) is -6.13. The van der Waals surface area contributed by atoms with Gasteiger partial charge in [-0.15, -0.1) is 0 Å². The molecule has 0 spiro atoms. The highest BCUT2D eigenvalue weighted by atomic mass is 127. The molecule has 0 fully saturated rings. The summed E-state index contributed by atoms with van der Waals surface area (Å²) in [5.41, 5.74) is 1.12. The molecule has 0 saturated carbocycles. The quantitative estimate of drug-likeness (QED) is 0.0729. The highest BCUT2D eigenvalue weighted by molar-refractivity contribution is 14.1. The van der Waals surface area contributed by atoms with E-state index in [1.54, 1.807) is 0 Å². The highest BCUT2D eigenvalue weighted by Crippen LogP contribution is 2.45. The van der Waals surface area contributed by atoms with Crippen LogP contribution in [-0.4, -0.2) is 25.0 Å². The van der Waals surface area contributed by atoms with Crippen molar-refractivity contribution in [2.75, 3.05) is 0 Å². The predicted octanol–water partition coefficient (Wildman–Crippen LogP) is 11.5. The number of allylic oxidation sites excluding steroid dienone is 2. The summed E-state index contributed by atoms with van der Waals surface area (Å²) in [4.78, 5) is 0. The zero-order valence-electron chi connectivity index (χ0n) is 26.4. The average molecular weight is 655 g/mol. The molecule has 0 unspecified atom stereocenters. The van der Waals surface area contributed by atoms with Crippen LogP contribution < -0.4 is 0 Å².